The van der Waals surface area contributed by atoms with E-state index in [1.165, 1.54) is 10.6 Å². The van der Waals surface area contributed by atoms with E-state index in [1.807, 2.05) is 6.92 Å². The molecule has 1 amide bonds. The Bertz CT molecular complexity index is 829. The van der Waals surface area contributed by atoms with Gasteiger partial charge in [0.1, 0.15) is 0 Å². The molecule has 2 aliphatic rings. The number of hydrogen-bond donors (Lipinski definition) is 0. The van der Waals surface area contributed by atoms with E-state index < -0.39 is 16.0 Å². The number of hydrogen-bond acceptors (Lipinski definition) is 5. The van der Waals surface area contributed by atoms with E-state index in [2.05, 4.69) is 0 Å². The molecule has 7 nitrogen and oxygen atoms in total. The fourth-order valence-electron chi connectivity index (χ4n) is 3.86. The molecule has 27 heavy (non-hydrogen) atoms. The van der Waals surface area contributed by atoms with Crippen LogP contribution in [0.15, 0.2) is 18.2 Å². The SMILES string of the molecule is C[C@H]1Cc2cc(C(=O)OCC(=O)N3CCCCCC3)ccc2N1S(C)(=O)=O. The van der Waals surface area contributed by atoms with Crippen molar-refractivity contribution >= 4 is 27.6 Å². The second-order valence-electron chi connectivity index (χ2n) is 7.33. The van der Waals surface area contributed by atoms with Crippen LogP contribution in [0.2, 0.25) is 0 Å². The lowest BCUT2D eigenvalue weighted by atomic mass is 10.1. The van der Waals surface area contributed by atoms with Crippen LogP contribution in [0.25, 0.3) is 0 Å². The molecule has 0 bridgehead atoms. The normalized spacial score (nSPS) is 20.1. The summed E-state index contributed by atoms with van der Waals surface area (Å²) in [5.74, 6) is -0.727. The van der Waals surface area contributed by atoms with Crippen LogP contribution in [-0.4, -0.2) is 57.2 Å². The Morgan fingerprint density at radius 1 is 1.15 bits per heavy atom. The quantitative estimate of drug-likeness (QED) is 0.729. The summed E-state index contributed by atoms with van der Waals surface area (Å²) >= 11 is 0. The molecule has 3 rings (SSSR count). The Kier molecular flexibility index (Phi) is 5.74. The van der Waals surface area contributed by atoms with Gasteiger partial charge in [-0.05, 0) is 49.9 Å². The Morgan fingerprint density at radius 3 is 2.44 bits per heavy atom. The summed E-state index contributed by atoms with van der Waals surface area (Å²) in [7, 11) is -3.37. The maximum Gasteiger partial charge on any atom is 0.338 e. The topological polar surface area (TPSA) is 84.0 Å². The van der Waals surface area contributed by atoms with Gasteiger partial charge in [-0.3, -0.25) is 9.10 Å². The lowest BCUT2D eigenvalue weighted by Crippen LogP contribution is -2.35. The van der Waals surface area contributed by atoms with Crippen molar-refractivity contribution in [2.45, 2.75) is 45.1 Å². The third-order valence-corrected chi connectivity index (χ3v) is 6.38. The summed E-state index contributed by atoms with van der Waals surface area (Å²) in [4.78, 5) is 26.3. The number of fused-ring (bicyclic) bond motifs is 1. The number of carbonyl (C=O) groups excluding carboxylic acids is 2. The highest BCUT2D eigenvalue weighted by Gasteiger charge is 2.33. The van der Waals surface area contributed by atoms with Crippen LogP contribution in [-0.2, 0) is 26.0 Å². The van der Waals surface area contributed by atoms with E-state index in [0.717, 1.165) is 31.2 Å². The van der Waals surface area contributed by atoms with Crippen molar-refractivity contribution in [1.29, 1.82) is 0 Å². The Morgan fingerprint density at radius 2 is 1.81 bits per heavy atom. The molecule has 0 saturated carbocycles. The minimum Gasteiger partial charge on any atom is -0.452 e. The average molecular weight is 394 g/mol. The maximum atomic E-state index is 12.3. The summed E-state index contributed by atoms with van der Waals surface area (Å²) < 4.78 is 30.5. The highest BCUT2D eigenvalue weighted by atomic mass is 32.2. The van der Waals surface area contributed by atoms with E-state index in [9.17, 15) is 18.0 Å². The summed E-state index contributed by atoms with van der Waals surface area (Å²) in [5.41, 5.74) is 1.73. The number of anilines is 1. The number of ether oxygens (including phenoxy) is 1. The van der Waals surface area contributed by atoms with Crippen LogP contribution >= 0.6 is 0 Å². The maximum absolute atomic E-state index is 12.3. The van der Waals surface area contributed by atoms with Crippen LogP contribution in [0.1, 0.15) is 48.5 Å². The van der Waals surface area contributed by atoms with E-state index >= 15 is 0 Å². The summed E-state index contributed by atoms with van der Waals surface area (Å²) in [6, 6.07) is 4.65. The van der Waals surface area contributed by atoms with Crippen molar-refractivity contribution in [2.24, 2.45) is 0 Å². The smallest absolute Gasteiger partial charge is 0.338 e. The largest absolute Gasteiger partial charge is 0.452 e. The molecular formula is C19H26N2O5S. The summed E-state index contributed by atoms with van der Waals surface area (Å²) in [6.07, 6.45) is 5.94. The molecule has 8 heteroatoms. The first-order valence-electron chi connectivity index (χ1n) is 9.34. The van der Waals surface area contributed by atoms with Crippen LogP contribution in [0, 0.1) is 0 Å². The summed E-state index contributed by atoms with van der Waals surface area (Å²) in [6.45, 7) is 3.00. The highest BCUT2D eigenvalue weighted by Crippen LogP contribution is 2.34. The van der Waals surface area contributed by atoms with Crippen molar-refractivity contribution in [2.75, 3.05) is 30.3 Å². The van der Waals surface area contributed by atoms with Crippen LogP contribution in [0.5, 0.6) is 0 Å². The van der Waals surface area contributed by atoms with E-state index in [-0.39, 0.29) is 18.6 Å². The number of amides is 1. The predicted molar refractivity (Wildman–Crippen MR) is 102 cm³/mol. The van der Waals surface area contributed by atoms with Crippen molar-refractivity contribution in [3.05, 3.63) is 29.3 Å². The zero-order valence-electron chi connectivity index (χ0n) is 15.8. The van der Waals surface area contributed by atoms with Crippen LogP contribution in [0.3, 0.4) is 0 Å². The minimum atomic E-state index is -3.37. The molecule has 0 N–H and O–H groups in total. The van der Waals surface area contributed by atoms with Gasteiger partial charge in [0, 0.05) is 19.1 Å². The highest BCUT2D eigenvalue weighted by molar-refractivity contribution is 7.92. The number of sulfonamides is 1. The Balaban J connectivity index is 1.65. The third-order valence-electron chi connectivity index (χ3n) is 5.11. The zero-order chi connectivity index (χ0) is 19.6. The zero-order valence-corrected chi connectivity index (χ0v) is 16.6. The minimum absolute atomic E-state index is 0.164. The van der Waals surface area contributed by atoms with Gasteiger partial charge in [-0.1, -0.05) is 12.8 Å². The van der Waals surface area contributed by atoms with Crippen molar-refractivity contribution in [3.8, 4) is 0 Å². The van der Waals surface area contributed by atoms with Gasteiger partial charge in [0.25, 0.3) is 5.91 Å². The molecule has 0 aromatic heterocycles. The number of rotatable bonds is 4. The first-order chi connectivity index (χ1) is 12.8. The van der Waals surface area contributed by atoms with Crippen molar-refractivity contribution in [1.82, 2.24) is 4.90 Å². The Hall–Kier alpha value is -2.09. The van der Waals surface area contributed by atoms with Crippen LogP contribution in [0.4, 0.5) is 5.69 Å². The molecular weight excluding hydrogens is 368 g/mol. The number of benzene rings is 1. The first-order valence-corrected chi connectivity index (χ1v) is 11.2. The second kappa shape index (κ2) is 7.88. The fourth-order valence-corrected chi connectivity index (χ4v) is 5.12. The molecule has 1 aromatic carbocycles. The number of carbonyl (C=O) groups is 2. The molecule has 1 fully saturated rings. The summed E-state index contributed by atoms with van der Waals surface area (Å²) in [5, 5.41) is 0. The monoisotopic (exact) mass is 394 g/mol. The number of esters is 1. The van der Waals surface area contributed by atoms with E-state index in [1.54, 1.807) is 23.1 Å². The molecule has 2 heterocycles. The second-order valence-corrected chi connectivity index (χ2v) is 9.19. The van der Waals surface area contributed by atoms with E-state index in [4.69, 9.17) is 4.74 Å². The van der Waals surface area contributed by atoms with Crippen molar-refractivity contribution < 1.29 is 22.7 Å². The lowest BCUT2D eigenvalue weighted by molar-refractivity contribution is -0.134. The molecule has 0 spiro atoms. The third kappa shape index (κ3) is 4.43. The van der Waals surface area contributed by atoms with Gasteiger partial charge in [-0.15, -0.1) is 0 Å². The van der Waals surface area contributed by atoms with Gasteiger partial charge in [0.2, 0.25) is 10.0 Å². The molecule has 1 aromatic rings. The predicted octanol–water partition coefficient (Wildman–Crippen LogP) is 1.96. The van der Waals surface area contributed by atoms with Gasteiger partial charge in [-0.25, -0.2) is 13.2 Å². The van der Waals surface area contributed by atoms with Gasteiger partial charge in [0.15, 0.2) is 6.61 Å². The number of nitrogens with zero attached hydrogens (tertiary/aromatic N) is 2. The molecule has 148 valence electrons. The van der Waals surface area contributed by atoms with Gasteiger partial charge in [0.05, 0.1) is 17.5 Å². The standard InChI is InChI=1S/C19H26N2O5S/c1-14-11-16-12-15(7-8-17(16)21(14)27(2,24)25)19(23)26-13-18(22)20-9-5-3-4-6-10-20/h7-8,12,14H,3-6,9-11,13H2,1-2H3/t14-/m0/s1. The lowest BCUT2D eigenvalue weighted by Gasteiger charge is -2.22. The molecule has 2 aliphatic heterocycles. The van der Waals surface area contributed by atoms with Gasteiger partial charge < -0.3 is 9.64 Å². The molecule has 1 atom stereocenters. The number of likely N-dealkylation sites (tertiary alicyclic amines) is 1. The molecule has 0 aliphatic carbocycles. The van der Waals surface area contributed by atoms with Crippen molar-refractivity contribution in [3.63, 3.8) is 0 Å². The van der Waals surface area contributed by atoms with Gasteiger partial charge >= 0.3 is 5.97 Å². The average Bonchev–Trinajstić information content (AvgIpc) is 2.77. The molecule has 0 unspecified atom stereocenters. The Labute approximate surface area is 160 Å². The van der Waals surface area contributed by atoms with Gasteiger partial charge in [-0.2, -0.15) is 0 Å². The fraction of sp³-hybridized carbons (Fsp3) is 0.579. The molecule has 0 radical (unpaired) electrons. The van der Waals surface area contributed by atoms with Crippen LogP contribution < -0.4 is 4.31 Å². The van der Waals surface area contributed by atoms with E-state index in [0.29, 0.717) is 30.8 Å². The first kappa shape index (κ1) is 19.7. The molecule has 1 saturated heterocycles.